The Labute approximate surface area is 164 Å². The highest BCUT2D eigenvalue weighted by atomic mass is 79.9. The molecule has 0 radical (unpaired) electrons. The van der Waals surface area contributed by atoms with Gasteiger partial charge in [-0.05, 0) is 39.0 Å². The lowest BCUT2D eigenvalue weighted by atomic mass is 10.2. The minimum absolute atomic E-state index is 0.106. The number of anilines is 2. The summed E-state index contributed by atoms with van der Waals surface area (Å²) in [4.78, 5) is 44.0. The van der Waals surface area contributed by atoms with E-state index in [0.29, 0.717) is 15.8 Å². The van der Waals surface area contributed by atoms with Crippen LogP contribution in [0.1, 0.15) is 37.7 Å². The van der Waals surface area contributed by atoms with Gasteiger partial charge in [0, 0.05) is 16.9 Å². The number of rotatable bonds is 5. The van der Waals surface area contributed by atoms with E-state index in [1.165, 1.54) is 18.6 Å². The van der Waals surface area contributed by atoms with Gasteiger partial charge in [0.2, 0.25) is 5.91 Å². The number of nitrogens with zero attached hydrogens (tertiary/aromatic N) is 2. The summed E-state index contributed by atoms with van der Waals surface area (Å²) >= 11 is 3.31. The van der Waals surface area contributed by atoms with Gasteiger partial charge in [-0.3, -0.25) is 19.9 Å². The monoisotopic (exact) mass is 434 g/mol. The van der Waals surface area contributed by atoms with Crippen molar-refractivity contribution >= 4 is 45.1 Å². The molecule has 8 nitrogen and oxygen atoms in total. The molecule has 0 saturated heterocycles. The van der Waals surface area contributed by atoms with Crippen molar-refractivity contribution in [2.75, 3.05) is 10.6 Å². The number of nitrogens with one attached hydrogen (secondary N) is 2. The third-order valence-corrected chi connectivity index (χ3v) is 3.55. The lowest BCUT2D eigenvalue weighted by molar-refractivity contribution is -0.115. The number of aromatic nitrogens is 2. The van der Waals surface area contributed by atoms with Gasteiger partial charge in [0.1, 0.15) is 11.3 Å². The second-order valence-corrected chi connectivity index (χ2v) is 7.47. The van der Waals surface area contributed by atoms with Crippen LogP contribution in [0.5, 0.6) is 0 Å². The molecule has 0 unspecified atom stereocenters. The predicted octanol–water partition coefficient (Wildman–Crippen LogP) is 3.80. The Balaban J connectivity index is 2.08. The molecule has 0 fully saturated rings. The van der Waals surface area contributed by atoms with E-state index in [9.17, 15) is 14.4 Å². The number of carbonyl (C=O) groups excluding carboxylic acids is 3. The summed E-state index contributed by atoms with van der Waals surface area (Å²) in [5.41, 5.74) is 0.111. The van der Waals surface area contributed by atoms with E-state index < -0.39 is 29.8 Å². The molecule has 2 N–H and O–H groups in total. The van der Waals surface area contributed by atoms with Crippen molar-refractivity contribution < 1.29 is 19.1 Å². The lowest BCUT2D eigenvalue weighted by Crippen LogP contribution is -2.27. The van der Waals surface area contributed by atoms with Gasteiger partial charge in [-0.15, -0.1) is 0 Å². The molecule has 1 aromatic heterocycles. The average molecular weight is 435 g/mol. The fourth-order valence-corrected chi connectivity index (χ4v) is 2.38. The van der Waals surface area contributed by atoms with Gasteiger partial charge in [0.25, 0.3) is 0 Å². The minimum atomic E-state index is -0.661. The van der Waals surface area contributed by atoms with Crippen LogP contribution in [0.15, 0.2) is 41.3 Å². The molecule has 2 amide bonds. The quantitative estimate of drug-likeness (QED) is 0.546. The number of ketones is 1. The van der Waals surface area contributed by atoms with Crippen LogP contribution in [0.3, 0.4) is 0 Å². The first-order valence-electron chi connectivity index (χ1n) is 8.02. The van der Waals surface area contributed by atoms with E-state index in [1.807, 2.05) is 0 Å². The summed E-state index contributed by atoms with van der Waals surface area (Å²) in [6, 6.07) is 4.92. The van der Waals surface area contributed by atoms with Crippen LogP contribution in [0.25, 0.3) is 0 Å². The van der Waals surface area contributed by atoms with Crippen LogP contribution in [0, 0.1) is 0 Å². The Kier molecular flexibility index (Phi) is 6.62. The second-order valence-electron chi connectivity index (χ2n) is 6.56. The molecule has 0 saturated carbocycles. The van der Waals surface area contributed by atoms with Crippen LogP contribution < -0.4 is 10.6 Å². The zero-order chi connectivity index (χ0) is 20.0. The first kappa shape index (κ1) is 20.5. The molecule has 2 rings (SSSR count). The summed E-state index contributed by atoms with van der Waals surface area (Å²) in [6.45, 7) is 5.23. The van der Waals surface area contributed by atoms with Gasteiger partial charge >= 0.3 is 6.09 Å². The first-order valence-corrected chi connectivity index (χ1v) is 8.82. The Morgan fingerprint density at radius 3 is 2.48 bits per heavy atom. The Morgan fingerprint density at radius 2 is 1.85 bits per heavy atom. The molecular weight excluding hydrogens is 416 g/mol. The standard InChI is InChI=1S/C18H19BrN4O4/c1-18(2,3)27-17(26)23-12-5-4-11(19)8-13(12)22-16(25)9-15(24)14-10-20-6-7-21-14/h4-8,10H,9H2,1-3H3,(H,22,25)(H,23,26). The van der Waals surface area contributed by atoms with Gasteiger partial charge in [-0.1, -0.05) is 15.9 Å². The molecule has 0 aliphatic rings. The number of benzene rings is 1. The Hall–Kier alpha value is -2.81. The molecule has 142 valence electrons. The smallest absolute Gasteiger partial charge is 0.412 e. The topological polar surface area (TPSA) is 110 Å². The average Bonchev–Trinajstić information content (AvgIpc) is 2.56. The van der Waals surface area contributed by atoms with Crippen molar-refractivity contribution in [2.45, 2.75) is 32.8 Å². The maximum Gasteiger partial charge on any atom is 0.412 e. The lowest BCUT2D eigenvalue weighted by Gasteiger charge is -2.20. The van der Waals surface area contributed by atoms with Crippen molar-refractivity contribution in [1.29, 1.82) is 0 Å². The summed E-state index contributed by atoms with van der Waals surface area (Å²) in [6.07, 6.45) is 3.05. The molecule has 9 heteroatoms. The number of ether oxygens (including phenoxy) is 1. The van der Waals surface area contributed by atoms with Crippen LogP contribution in [0.2, 0.25) is 0 Å². The molecule has 1 heterocycles. The Morgan fingerprint density at radius 1 is 1.11 bits per heavy atom. The van der Waals surface area contributed by atoms with Crippen molar-refractivity contribution in [2.24, 2.45) is 0 Å². The maximum atomic E-state index is 12.2. The van der Waals surface area contributed by atoms with Crippen LogP contribution >= 0.6 is 15.9 Å². The SMILES string of the molecule is CC(C)(C)OC(=O)Nc1ccc(Br)cc1NC(=O)CC(=O)c1cnccn1. The predicted molar refractivity (Wildman–Crippen MR) is 104 cm³/mol. The first-order chi connectivity index (χ1) is 12.6. The number of hydrogen-bond acceptors (Lipinski definition) is 6. The van der Waals surface area contributed by atoms with E-state index in [0.717, 1.165) is 0 Å². The minimum Gasteiger partial charge on any atom is -0.444 e. The molecule has 0 aliphatic carbocycles. The zero-order valence-corrected chi connectivity index (χ0v) is 16.7. The van der Waals surface area contributed by atoms with Crippen LogP contribution in [-0.2, 0) is 9.53 Å². The van der Waals surface area contributed by atoms with Gasteiger partial charge < -0.3 is 10.1 Å². The van der Waals surface area contributed by atoms with E-state index in [2.05, 4.69) is 36.5 Å². The third kappa shape index (κ3) is 6.78. The molecule has 27 heavy (non-hydrogen) atoms. The van der Waals surface area contributed by atoms with E-state index in [4.69, 9.17) is 4.74 Å². The van der Waals surface area contributed by atoms with E-state index >= 15 is 0 Å². The van der Waals surface area contributed by atoms with Gasteiger partial charge in [0.05, 0.1) is 24.0 Å². The summed E-state index contributed by atoms with van der Waals surface area (Å²) in [5, 5.41) is 5.19. The molecule has 0 aliphatic heterocycles. The van der Waals surface area contributed by atoms with Crippen molar-refractivity contribution in [1.82, 2.24) is 9.97 Å². The summed E-state index contributed by atoms with van der Waals surface area (Å²) < 4.78 is 5.90. The largest absolute Gasteiger partial charge is 0.444 e. The molecule has 1 aromatic carbocycles. The van der Waals surface area contributed by atoms with Gasteiger partial charge in [0.15, 0.2) is 5.78 Å². The number of hydrogen-bond donors (Lipinski definition) is 2. The number of Topliss-reactive ketones (excluding diaryl/α,β-unsaturated/α-hetero) is 1. The van der Waals surface area contributed by atoms with Crippen LogP contribution in [0.4, 0.5) is 16.2 Å². The van der Waals surface area contributed by atoms with Crippen molar-refractivity contribution in [3.63, 3.8) is 0 Å². The normalized spacial score (nSPS) is 10.8. The highest BCUT2D eigenvalue weighted by molar-refractivity contribution is 9.10. The highest BCUT2D eigenvalue weighted by Gasteiger charge is 2.19. The maximum absolute atomic E-state index is 12.2. The van der Waals surface area contributed by atoms with E-state index in [1.54, 1.807) is 39.0 Å². The van der Waals surface area contributed by atoms with E-state index in [-0.39, 0.29) is 5.69 Å². The number of amides is 2. The summed E-state index contributed by atoms with van der Waals surface area (Å²) in [5.74, 6) is -1.01. The molecular formula is C18H19BrN4O4. The zero-order valence-electron chi connectivity index (χ0n) is 15.1. The second kappa shape index (κ2) is 8.72. The molecule has 2 aromatic rings. The fourth-order valence-electron chi connectivity index (χ4n) is 2.02. The van der Waals surface area contributed by atoms with Gasteiger partial charge in [-0.2, -0.15) is 0 Å². The molecule has 0 spiro atoms. The fraction of sp³-hybridized carbons (Fsp3) is 0.278. The van der Waals surface area contributed by atoms with Crippen LogP contribution in [-0.4, -0.2) is 33.4 Å². The van der Waals surface area contributed by atoms with Gasteiger partial charge in [-0.25, -0.2) is 9.78 Å². The van der Waals surface area contributed by atoms with Crippen molar-refractivity contribution in [3.05, 3.63) is 47.0 Å². The molecule has 0 bridgehead atoms. The highest BCUT2D eigenvalue weighted by Crippen LogP contribution is 2.27. The number of carbonyl (C=O) groups is 3. The Bertz CT molecular complexity index is 850. The molecule has 0 atom stereocenters. The summed E-state index contributed by atoms with van der Waals surface area (Å²) in [7, 11) is 0. The number of halogens is 1. The van der Waals surface area contributed by atoms with Crippen molar-refractivity contribution in [3.8, 4) is 0 Å². The third-order valence-electron chi connectivity index (χ3n) is 3.06.